The summed E-state index contributed by atoms with van der Waals surface area (Å²) in [6.07, 6.45) is 5.09. The number of rotatable bonds is 4. The number of hydrogen-bond acceptors (Lipinski definition) is 6. The van der Waals surface area contributed by atoms with E-state index in [4.69, 9.17) is 4.52 Å². The summed E-state index contributed by atoms with van der Waals surface area (Å²) in [7, 11) is -3.15. The molecule has 0 bridgehead atoms. The minimum Gasteiger partial charge on any atom is -0.339 e. The van der Waals surface area contributed by atoms with Crippen molar-refractivity contribution in [3.63, 3.8) is 0 Å². The van der Waals surface area contributed by atoms with Gasteiger partial charge in [0.25, 0.3) is 0 Å². The number of benzene rings is 1. The first-order valence-electron chi connectivity index (χ1n) is 9.09. The lowest BCUT2D eigenvalue weighted by Crippen LogP contribution is -2.35. The van der Waals surface area contributed by atoms with E-state index in [9.17, 15) is 8.42 Å². The Kier molecular flexibility index (Phi) is 4.81. The molecule has 0 aliphatic carbocycles. The molecule has 1 aromatic heterocycles. The molecule has 1 N–H and O–H groups in total. The highest BCUT2D eigenvalue weighted by atomic mass is 32.2. The van der Waals surface area contributed by atoms with Gasteiger partial charge in [0, 0.05) is 25.1 Å². The highest BCUT2D eigenvalue weighted by molar-refractivity contribution is 7.88. The zero-order chi connectivity index (χ0) is 18.1. The first-order chi connectivity index (χ1) is 12.5. The molecular weight excluding hydrogens is 352 g/mol. The molecule has 2 aromatic rings. The number of nitrogens with zero attached hydrogens (tertiary/aromatic N) is 3. The van der Waals surface area contributed by atoms with Crippen molar-refractivity contribution in [2.24, 2.45) is 5.92 Å². The van der Waals surface area contributed by atoms with E-state index < -0.39 is 10.0 Å². The van der Waals surface area contributed by atoms with Gasteiger partial charge >= 0.3 is 0 Å². The third kappa shape index (κ3) is 3.82. The molecule has 7 nitrogen and oxygen atoms in total. The van der Waals surface area contributed by atoms with E-state index in [1.165, 1.54) is 10.6 Å². The van der Waals surface area contributed by atoms with E-state index in [2.05, 4.69) is 21.5 Å². The molecule has 0 unspecified atom stereocenters. The van der Waals surface area contributed by atoms with Crippen LogP contribution in [0, 0.1) is 5.92 Å². The quantitative estimate of drug-likeness (QED) is 0.872. The summed E-state index contributed by atoms with van der Waals surface area (Å²) in [5.74, 6) is 1.92. The van der Waals surface area contributed by atoms with Gasteiger partial charge < -0.3 is 9.84 Å². The third-order valence-electron chi connectivity index (χ3n) is 5.30. The Labute approximate surface area is 153 Å². The topological polar surface area (TPSA) is 88.3 Å². The van der Waals surface area contributed by atoms with Crippen LogP contribution in [0.4, 0.5) is 0 Å². The Balaban J connectivity index is 1.49. The van der Waals surface area contributed by atoms with Crippen molar-refractivity contribution in [2.45, 2.75) is 32.2 Å². The summed E-state index contributed by atoms with van der Waals surface area (Å²) in [4.78, 5) is 4.57. The number of nitrogens with one attached hydrogen (secondary N) is 1. The molecule has 0 saturated carbocycles. The predicted molar refractivity (Wildman–Crippen MR) is 98.0 cm³/mol. The molecule has 2 aliphatic heterocycles. The van der Waals surface area contributed by atoms with Gasteiger partial charge in [-0.05, 0) is 55.5 Å². The fraction of sp³-hybridized carbons (Fsp3) is 0.556. The lowest BCUT2D eigenvalue weighted by molar-refractivity contribution is 0.313. The standard InChI is InChI=1S/C18H24N4O3S/c1-26(23,24)22-9-6-14-11-15(2-3-16(14)12-22)18-20-17(25-21-18)10-13-4-7-19-8-5-13/h2-3,11,13,19H,4-10,12H2,1H3. The zero-order valence-corrected chi connectivity index (χ0v) is 15.8. The summed E-state index contributed by atoms with van der Waals surface area (Å²) >= 11 is 0. The molecule has 8 heteroatoms. The van der Waals surface area contributed by atoms with Gasteiger partial charge in [0.1, 0.15) is 0 Å². The molecule has 2 aliphatic rings. The first-order valence-corrected chi connectivity index (χ1v) is 10.9. The number of fused-ring (bicyclic) bond motifs is 1. The first kappa shape index (κ1) is 17.6. The van der Waals surface area contributed by atoms with E-state index in [0.29, 0.717) is 37.1 Å². The van der Waals surface area contributed by atoms with E-state index in [0.717, 1.165) is 49.0 Å². The van der Waals surface area contributed by atoms with Crippen molar-refractivity contribution >= 4 is 10.0 Å². The van der Waals surface area contributed by atoms with Crippen LogP contribution >= 0.6 is 0 Å². The highest BCUT2D eigenvalue weighted by Gasteiger charge is 2.24. The molecule has 0 radical (unpaired) electrons. The van der Waals surface area contributed by atoms with Gasteiger partial charge in [0.2, 0.25) is 21.7 Å². The van der Waals surface area contributed by atoms with Crippen molar-refractivity contribution in [2.75, 3.05) is 25.9 Å². The number of sulfonamides is 1. The van der Waals surface area contributed by atoms with Gasteiger partial charge in [-0.2, -0.15) is 9.29 Å². The average molecular weight is 376 g/mol. The molecule has 3 heterocycles. The maximum absolute atomic E-state index is 11.7. The highest BCUT2D eigenvalue weighted by Crippen LogP contribution is 2.26. The molecule has 26 heavy (non-hydrogen) atoms. The predicted octanol–water partition coefficient (Wildman–Crippen LogP) is 1.60. The fourth-order valence-electron chi connectivity index (χ4n) is 3.74. The Morgan fingerprint density at radius 3 is 2.85 bits per heavy atom. The van der Waals surface area contributed by atoms with Crippen LogP contribution in [-0.4, -0.2) is 48.8 Å². The SMILES string of the molecule is CS(=O)(=O)N1CCc2cc(-c3noc(CC4CCNCC4)n3)ccc2C1. The summed E-state index contributed by atoms with van der Waals surface area (Å²) in [5, 5.41) is 7.51. The van der Waals surface area contributed by atoms with Crippen molar-refractivity contribution in [3.8, 4) is 11.4 Å². The summed E-state index contributed by atoms with van der Waals surface area (Å²) in [6, 6.07) is 5.99. The van der Waals surface area contributed by atoms with Gasteiger partial charge in [-0.3, -0.25) is 0 Å². The maximum atomic E-state index is 11.7. The van der Waals surface area contributed by atoms with Gasteiger partial charge in [-0.15, -0.1) is 0 Å². The average Bonchev–Trinajstić information content (AvgIpc) is 3.09. The summed E-state index contributed by atoms with van der Waals surface area (Å²) < 4.78 is 30.5. The van der Waals surface area contributed by atoms with Crippen LogP contribution in [0.15, 0.2) is 22.7 Å². The zero-order valence-electron chi connectivity index (χ0n) is 14.9. The van der Waals surface area contributed by atoms with Crippen molar-refractivity contribution in [3.05, 3.63) is 35.2 Å². The van der Waals surface area contributed by atoms with Gasteiger partial charge in [0.05, 0.1) is 6.26 Å². The van der Waals surface area contributed by atoms with Gasteiger partial charge in [0.15, 0.2) is 0 Å². The molecule has 4 rings (SSSR count). The van der Waals surface area contributed by atoms with Crippen LogP contribution < -0.4 is 5.32 Å². The Morgan fingerprint density at radius 2 is 2.08 bits per heavy atom. The van der Waals surface area contributed by atoms with E-state index in [1.807, 2.05) is 12.1 Å². The van der Waals surface area contributed by atoms with Crippen LogP contribution in [-0.2, 0) is 29.4 Å². The van der Waals surface area contributed by atoms with Crippen molar-refractivity contribution < 1.29 is 12.9 Å². The maximum Gasteiger partial charge on any atom is 0.227 e. The normalized spacial score (nSPS) is 19.4. The fourth-order valence-corrected chi connectivity index (χ4v) is 4.53. The molecule has 0 amide bonds. The van der Waals surface area contributed by atoms with Crippen LogP contribution in [0.1, 0.15) is 29.9 Å². The number of piperidine rings is 1. The minimum absolute atomic E-state index is 0.432. The molecule has 1 aromatic carbocycles. The Bertz CT molecular complexity index is 888. The van der Waals surface area contributed by atoms with Crippen LogP contribution in [0.25, 0.3) is 11.4 Å². The third-order valence-corrected chi connectivity index (χ3v) is 6.55. The smallest absolute Gasteiger partial charge is 0.227 e. The monoisotopic (exact) mass is 376 g/mol. The lowest BCUT2D eigenvalue weighted by atomic mass is 9.95. The molecule has 140 valence electrons. The molecule has 1 fully saturated rings. The van der Waals surface area contributed by atoms with Gasteiger partial charge in [-0.25, -0.2) is 8.42 Å². The lowest BCUT2D eigenvalue weighted by Gasteiger charge is -2.26. The van der Waals surface area contributed by atoms with E-state index >= 15 is 0 Å². The number of hydrogen-bond donors (Lipinski definition) is 1. The van der Waals surface area contributed by atoms with E-state index in [1.54, 1.807) is 0 Å². The van der Waals surface area contributed by atoms with Crippen LogP contribution in [0.3, 0.4) is 0 Å². The van der Waals surface area contributed by atoms with Crippen LogP contribution in [0.2, 0.25) is 0 Å². The van der Waals surface area contributed by atoms with Crippen LogP contribution in [0.5, 0.6) is 0 Å². The molecular formula is C18H24N4O3S. The van der Waals surface area contributed by atoms with Gasteiger partial charge in [-0.1, -0.05) is 17.3 Å². The second-order valence-electron chi connectivity index (χ2n) is 7.24. The second-order valence-corrected chi connectivity index (χ2v) is 9.22. The largest absolute Gasteiger partial charge is 0.339 e. The molecule has 0 spiro atoms. The minimum atomic E-state index is -3.15. The summed E-state index contributed by atoms with van der Waals surface area (Å²) in [6.45, 7) is 3.06. The Hall–Kier alpha value is -1.77. The summed E-state index contributed by atoms with van der Waals surface area (Å²) in [5.41, 5.74) is 3.13. The Morgan fingerprint density at radius 1 is 1.27 bits per heavy atom. The molecule has 1 saturated heterocycles. The van der Waals surface area contributed by atoms with Crippen molar-refractivity contribution in [1.29, 1.82) is 0 Å². The van der Waals surface area contributed by atoms with E-state index in [-0.39, 0.29) is 0 Å². The number of aromatic nitrogens is 2. The molecule has 0 atom stereocenters. The van der Waals surface area contributed by atoms with Crippen molar-refractivity contribution in [1.82, 2.24) is 19.8 Å². The second kappa shape index (κ2) is 7.09.